The summed E-state index contributed by atoms with van der Waals surface area (Å²) < 4.78 is 0. The van der Waals surface area contributed by atoms with Crippen molar-refractivity contribution in [3.8, 4) is 0 Å². The maximum Gasteiger partial charge on any atom is 0.255 e. The number of piperidine rings is 1. The molecule has 1 heterocycles. The lowest BCUT2D eigenvalue weighted by Crippen LogP contribution is -2.59. The monoisotopic (exact) mass is 313 g/mol. The SMILES string of the molecule is NC1(C2CCCC2)CCN(C(=O)c2ccccc2)C(N=C=O)C1. The molecule has 2 fully saturated rings. The Kier molecular flexibility index (Phi) is 4.60. The minimum atomic E-state index is -0.500. The Bertz CT molecular complexity index is 606. The van der Waals surface area contributed by atoms with Gasteiger partial charge in [0.25, 0.3) is 5.91 Å². The van der Waals surface area contributed by atoms with E-state index in [4.69, 9.17) is 5.73 Å². The third-order valence-electron chi connectivity index (χ3n) is 5.39. The van der Waals surface area contributed by atoms with E-state index in [-0.39, 0.29) is 11.4 Å². The van der Waals surface area contributed by atoms with E-state index in [1.54, 1.807) is 23.1 Å². The van der Waals surface area contributed by atoms with Gasteiger partial charge in [-0.15, -0.1) is 0 Å². The van der Waals surface area contributed by atoms with Crippen molar-refractivity contribution in [2.75, 3.05) is 6.54 Å². The smallest absolute Gasteiger partial charge is 0.255 e. The first-order valence-corrected chi connectivity index (χ1v) is 8.36. The molecule has 2 N–H and O–H groups in total. The van der Waals surface area contributed by atoms with Crippen LogP contribution in [0, 0.1) is 5.92 Å². The first kappa shape index (κ1) is 15.9. The average molecular weight is 313 g/mol. The van der Waals surface area contributed by atoms with Crippen molar-refractivity contribution < 1.29 is 9.59 Å². The predicted octanol–water partition coefficient (Wildman–Crippen LogP) is 2.47. The molecule has 2 aliphatic rings. The van der Waals surface area contributed by atoms with E-state index in [0.717, 1.165) is 19.3 Å². The van der Waals surface area contributed by atoms with Crippen LogP contribution < -0.4 is 5.73 Å². The standard InChI is InChI=1S/C18H23N3O2/c19-18(15-8-4-5-9-15)10-11-21(16(12-18)20-13-22)17(23)14-6-2-1-3-7-14/h1-3,6-7,15-16H,4-5,8-12,19H2. The van der Waals surface area contributed by atoms with Gasteiger partial charge in [0.15, 0.2) is 0 Å². The summed E-state index contributed by atoms with van der Waals surface area (Å²) in [7, 11) is 0. The number of rotatable bonds is 3. The highest BCUT2D eigenvalue weighted by atomic mass is 16.2. The quantitative estimate of drug-likeness (QED) is 0.688. The number of carbonyl (C=O) groups excluding carboxylic acids is 2. The molecule has 23 heavy (non-hydrogen) atoms. The Morgan fingerprint density at radius 1 is 1.26 bits per heavy atom. The highest BCUT2D eigenvalue weighted by Gasteiger charge is 2.44. The van der Waals surface area contributed by atoms with Crippen molar-refractivity contribution >= 4 is 12.0 Å². The summed E-state index contributed by atoms with van der Waals surface area (Å²) in [5, 5.41) is 0. The van der Waals surface area contributed by atoms with Gasteiger partial charge in [0.2, 0.25) is 6.08 Å². The summed E-state index contributed by atoms with van der Waals surface area (Å²) in [6, 6.07) is 9.11. The predicted molar refractivity (Wildman–Crippen MR) is 87.5 cm³/mol. The van der Waals surface area contributed by atoms with Crippen molar-refractivity contribution in [2.45, 2.75) is 50.2 Å². The summed E-state index contributed by atoms with van der Waals surface area (Å²) in [5.74, 6) is 0.379. The van der Waals surface area contributed by atoms with Crippen LogP contribution in [-0.4, -0.2) is 35.1 Å². The zero-order valence-electron chi connectivity index (χ0n) is 13.3. The van der Waals surface area contributed by atoms with Gasteiger partial charge in [-0.2, -0.15) is 4.99 Å². The molecule has 0 radical (unpaired) electrons. The zero-order chi connectivity index (χ0) is 16.3. The summed E-state index contributed by atoms with van der Waals surface area (Å²) in [6.07, 6.45) is 7.16. The Morgan fingerprint density at radius 3 is 2.61 bits per heavy atom. The number of nitrogens with two attached hydrogens (primary N) is 1. The summed E-state index contributed by atoms with van der Waals surface area (Å²) >= 11 is 0. The van der Waals surface area contributed by atoms with Crippen molar-refractivity contribution in [2.24, 2.45) is 16.6 Å². The third-order valence-corrected chi connectivity index (χ3v) is 5.39. The second-order valence-corrected chi connectivity index (χ2v) is 6.73. The minimum absolute atomic E-state index is 0.0944. The number of isocyanates is 1. The maximum atomic E-state index is 12.7. The fourth-order valence-electron chi connectivity index (χ4n) is 4.06. The molecule has 3 rings (SSSR count). The van der Waals surface area contributed by atoms with Crippen LogP contribution in [0.25, 0.3) is 0 Å². The van der Waals surface area contributed by atoms with Crippen LogP contribution in [-0.2, 0) is 4.79 Å². The fraction of sp³-hybridized carbons (Fsp3) is 0.556. The number of hydrogen-bond donors (Lipinski definition) is 1. The summed E-state index contributed by atoms with van der Waals surface area (Å²) in [4.78, 5) is 29.1. The molecule has 1 saturated heterocycles. The first-order chi connectivity index (χ1) is 11.1. The number of carbonyl (C=O) groups is 1. The maximum absolute atomic E-state index is 12.7. The molecular weight excluding hydrogens is 290 g/mol. The molecule has 2 atom stereocenters. The molecule has 0 spiro atoms. The number of benzene rings is 1. The molecule has 1 aliphatic carbocycles. The van der Waals surface area contributed by atoms with E-state index in [9.17, 15) is 9.59 Å². The molecule has 122 valence electrons. The van der Waals surface area contributed by atoms with Crippen LogP contribution in [0.15, 0.2) is 35.3 Å². The summed E-state index contributed by atoms with van der Waals surface area (Å²) in [6.45, 7) is 0.538. The van der Waals surface area contributed by atoms with Gasteiger partial charge < -0.3 is 10.6 Å². The van der Waals surface area contributed by atoms with Crippen molar-refractivity contribution in [3.05, 3.63) is 35.9 Å². The number of amides is 1. The highest BCUT2D eigenvalue weighted by Crippen LogP contribution is 2.40. The summed E-state index contributed by atoms with van der Waals surface area (Å²) in [5.41, 5.74) is 6.95. The normalized spacial score (nSPS) is 28.4. The van der Waals surface area contributed by atoms with E-state index < -0.39 is 6.17 Å². The Labute approximate surface area is 136 Å². The fourth-order valence-corrected chi connectivity index (χ4v) is 4.06. The largest absolute Gasteiger partial charge is 0.325 e. The van der Waals surface area contributed by atoms with Crippen LogP contribution >= 0.6 is 0 Å². The van der Waals surface area contributed by atoms with Gasteiger partial charge in [0.1, 0.15) is 6.17 Å². The third kappa shape index (κ3) is 3.21. The Morgan fingerprint density at radius 2 is 1.96 bits per heavy atom. The number of likely N-dealkylation sites (tertiary alicyclic amines) is 1. The van der Waals surface area contributed by atoms with Crippen molar-refractivity contribution in [3.63, 3.8) is 0 Å². The van der Waals surface area contributed by atoms with E-state index in [1.165, 1.54) is 12.8 Å². The van der Waals surface area contributed by atoms with Crippen molar-refractivity contribution in [1.82, 2.24) is 4.90 Å². The van der Waals surface area contributed by atoms with Crippen LogP contribution in [0.5, 0.6) is 0 Å². The molecule has 5 nitrogen and oxygen atoms in total. The molecule has 1 amide bonds. The zero-order valence-corrected chi connectivity index (χ0v) is 13.3. The molecule has 0 aromatic heterocycles. The number of nitrogens with zero attached hydrogens (tertiary/aromatic N) is 2. The molecule has 1 saturated carbocycles. The minimum Gasteiger partial charge on any atom is -0.325 e. The average Bonchev–Trinajstić information content (AvgIpc) is 3.11. The lowest BCUT2D eigenvalue weighted by Gasteiger charge is -2.45. The molecular formula is C18H23N3O2. The second kappa shape index (κ2) is 6.65. The Hall–Kier alpha value is -1.97. The second-order valence-electron chi connectivity index (χ2n) is 6.73. The molecule has 1 aromatic carbocycles. The van der Waals surface area contributed by atoms with Gasteiger partial charge in [-0.1, -0.05) is 31.0 Å². The van der Waals surface area contributed by atoms with Gasteiger partial charge in [-0.25, -0.2) is 4.79 Å². The van der Waals surface area contributed by atoms with Gasteiger partial charge in [-0.05, 0) is 37.3 Å². The van der Waals surface area contributed by atoms with Crippen molar-refractivity contribution in [1.29, 1.82) is 0 Å². The van der Waals surface area contributed by atoms with Crippen LogP contribution in [0.3, 0.4) is 0 Å². The van der Waals surface area contributed by atoms with Crippen LogP contribution in [0.4, 0.5) is 0 Å². The lowest BCUT2D eigenvalue weighted by molar-refractivity contribution is 0.0443. The first-order valence-electron chi connectivity index (χ1n) is 8.36. The molecule has 0 bridgehead atoms. The van der Waals surface area contributed by atoms with E-state index in [2.05, 4.69) is 4.99 Å². The Balaban J connectivity index is 1.80. The lowest BCUT2D eigenvalue weighted by atomic mass is 9.75. The molecule has 1 aliphatic heterocycles. The van der Waals surface area contributed by atoms with E-state index in [0.29, 0.717) is 24.4 Å². The van der Waals surface area contributed by atoms with E-state index >= 15 is 0 Å². The van der Waals surface area contributed by atoms with Crippen LogP contribution in [0.2, 0.25) is 0 Å². The molecule has 1 aromatic rings. The number of aliphatic imine (C=N–C) groups is 1. The number of hydrogen-bond acceptors (Lipinski definition) is 4. The van der Waals surface area contributed by atoms with Crippen LogP contribution in [0.1, 0.15) is 48.9 Å². The van der Waals surface area contributed by atoms with Gasteiger partial charge in [-0.3, -0.25) is 4.79 Å². The van der Waals surface area contributed by atoms with Gasteiger partial charge in [0.05, 0.1) is 0 Å². The van der Waals surface area contributed by atoms with E-state index in [1.807, 2.05) is 18.2 Å². The highest BCUT2D eigenvalue weighted by molar-refractivity contribution is 5.94. The molecule has 2 unspecified atom stereocenters. The topological polar surface area (TPSA) is 75.8 Å². The molecule has 5 heteroatoms. The van der Waals surface area contributed by atoms with Gasteiger partial charge in [0, 0.05) is 24.1 Å². The van der Waals surface area contributed by atoms with Gasteiger partial charge >= 0.3 is 0 Å².